The van der Waals surface area contributed by atoms with Gasteiger partial charge in [-0.05, 0) is 25.5 Å². The van der Waals surface area contributed by atoms with Gasteiger partial charge >= 0.3 is 5.00 Å². The molecule has 0 N–H and O–H groups in total. The van der Waals surface area contributed by atoms with E-state index in [0.29, 0.717) is 18.8 Å². The fourth-order valence-electron chi connectivity index (χ4n) is 1.38. The van der Waals surface area contributed by atoms with E-state index in [1.54, 1.807) is 11.4 Å². The van der Waals surface area contributed by atoms with Crippen LogP contribution in [0.5, 0.6) is 0 Å². The summed E-state index contributed by atoms with van der Waals surface area (Å²) in [5, 5.41) is 12.5. The molecule has 1 amide bonds. The minimum Gasteiger partial charge on any atom is -0.308 e. The summed E-state index contributed by atoms with van der Waals surface area (Å²) in [4.78, 5) is 25.2. The predicted octanol–water partition coefficient (Wildman–Crippen LogP) is 1.99. The van der Waals surface area contributed by atoms with Gasteiger partial charge in [-0.1, -0.05) is 11.3 Å². The van der Waals surface area contributed by atoms with Crippen molar-refractivity contribution in [3.63, 3.8) is 0 Å². The van der Waals surface area contributed by atoms with E-state index in [1.807, 2.05) is 19.0 Å². The maximum atomic E-state index is 11.5. The Hall–Kier alpha value is -1.18. The lowest BCUT2D eigenvalue weighted by molar-refractivity contribution is -0.379. The van der Waals surface area contributed by atoms with Gasteiger partial charge in [0.15, 0.2) is 0 Å². The van der Waals surface area contributed by atoms with Gasteiger partial charge in [0.1, 0.15) is 5.69 Å². The van der Waals surface area contributed by atoms with E-state index >= 15 is 0 Å². The fourth-order valence-corrected chi connectivity index (χ4v) is 2.09. The summed E-state index contributed by atoms with van der Waals surface area (Å²) in [5.74, 6) is -0.187. The van der Waals surface area contributed by atoms with Crippen LogP contribution in [0.1, 0.15) is 6.92 Å². The lowest BCUT2D eigenvalue weighted by Gasteiger charge is -2.21. The molecule has 1 rings (SSSR count). The number of thiophene rings is 1. The van der Waals surface area contributed by atoms with Crippen molar-refractivity contribution >= 4 is 40.3 Å². The number of carbonyl (C=O) groups is 1. The molecular weight excluding hydrogens is 278 g/mol. The van der Waals surface area contributed by atoms with Crippen molar-refractivity contribution in [2.75, 3.05) is 32.1 Å². The van der Waals surface area contributed by atoms with Gasteiger partial charge in [-0.25, -0.2) is 0 Å². The highest BCUT2D eigenvalue weighted by Crippen LogP contribution is 2.33. The van der Waals surface area contributed by atoms with E-state index < -0.39 is 4.92 Å². The Labute approximate surface area is 116 Å². The Kier molecular flexibility index (Phi) is 6.82. The first-order chi connectivity index (χ1) is 7.93. The monoisotopic (exact) mass is 293 g/mol. The Morgan fingerprint density at radius 1 is 1.44 bits per heavy atom. The van der Waals surface area contributed by atoms with Crippen molar-refractivity contribution in [1.29, 1.82) is 0 Å². The molecule has 6 nitrogen and oxygen atoms in total. The van der Waals surface area contributed by atoms with Crippen LogP contribution in [0, 0.1) is 10.1 Å². The first-order valence-corrected chi connectivity index (χ1v) is 5.96. The normalized spacial score (nSPS) is 10.0. The number of nitrogens with zero attached hydrogens (tertiary/aromatic N) is 3. The average molecular weight is 294 g/mol. The van der Waals surface area contributed by atoms with Crippen molar-refractivity contribution < 1.29 is 9.72 Å². The molecule has 0 aliphatic rings. The van der Waals surface area contributed by atoms with Gasteiger partial charge in [-0.2, -0.15) is 0 Å². The van der Waals surface area contributed by atoms with Crippen LogP contribution in [0.15, 0.2) is 11.4 Å². The van der Waals surface area contributed by atoms with E-state index in [9.17, 15) is 14.9 Å². The SMILES string of the molecule is CC(=O)N(CCN(C)C)c1ccsc1[N+](=O)[O-].Cl. The lowest BCUT2D eigenvalue weighted by Crippen LogP contribution is -2.35. The number of anilines is 1. The summed E-state index contributed by atoms with van der Waals surface area (Å²) in [7, 11) is 3.78. The molecule has 0 aliphatic heterocycles. The van der Waals surface area contributed by atoms with Gasteiger partial charge in [-0.3, -0.25) is 14.9 Å². The number of rotatable bonds is 5. The molecule has 0 unspecified atom stereocenters. The molecule has 18 heavy (non-hydrogen) atoms. The first kappa shape index (κ1) is 16.8. The molecule has 0 spiro atoms. The highest BCUT2D eigenvalue weighted by Gasteiger charge is 2.23. The molecule has 0 aromatic carbocycles. The van der Waals surface area contributed by atoms with E-state index in [-0.39, 0.29) is 23.3 Å². The van der Waals surface area contributed by atoms with Gasteiger partial charge in [0.05, 0.1) is 4.92 Å². The van der Waals surface area contributed by atoms with Gasteiger partial charge < -0.3 is 9.80 Å². The molecule has 1 aromatic heterocycles. The van der Waals surface area contributed by atoms with Crippen molar-refractivity contribution in [2.24, 2.45) is 0 Å². The summed E-state index contributed by atoms with van der Waals surface area (Å²) in [6.45, 7) is 2.52. The number of halogens is 1. The molecule has 0 fully saturated rings. The topological polar surface area (TPSA) is 66.7 Å². The zero-order valence-electron chi connectivity index (χ0n) is 10.5. The maximum Gasteiger partial charge on any atom is 0.347 e. The van der Waals surface area contributed by atoms with Crippen LogP contribution in [-0.2, 0) is 4.79 Å². The summed E-state index contributed by atoms with van der Waals surface area (Å²) in [6, 6.07) is 1.61. The smallest absolute Gasteiger partial charge is 0.308 e. The molecular formula is C10H16ClN3O3S. The number of hydrogen-bond donors (Lipinski definition) is 0. The summed E-state index contributed by atoms with van der Waals surface area (Å²) in [5.41, 5.74) is 0.384. The third-order valence-electron chi connectivity index (χ3n) is 2.23. The standard InChI is InChI=1S/C10H15N3O3S.ClH/c1-8(14)12(6-5-11(2)3)9-4-7-17-10(9)13(15)16;/h4,7H,5-6H2,1-3H3;1H. The summed E-state index contributed by atoms with van der Waals surface area (Å²) < 4.78 is 0. The molecule has 8 heteroatoms. The second kappa shape index (κ2) is 7.30. The van der Waals surface area contributed by atoms with Crippen LogP contribution >= 0.6 is 23.7 Å². The van der Waals surface area contributed by atoms with E-state index in [4.69, 9.17) is 0 Å². The minimum atomic E-state index is -0.453. The fraction of sp³-hybridized carbons (Fsp3) is 0.500. The minimum absolute atomic E-state index is 0. The van der Waals surface area contributed by atoms with Gasteiger partial charge in [0.25, 0.3) is 0 Å². The predicted molar refractivity (Wildman–Crippen MR) is 74.8 cm³/mol. The Bertz CT molecular complexity index is 422. The molecule has 0 radical (unpaired) electrons. The number of hydrogen-bond acceptors (Lipinski definition) is 5. The second-order valence-electron chi connectivity index (χ2n) is 3.84. The molecule has 0 saturated carbocycles. The Morgan fingerprint density at radius 2 is 2.06 bits per heavy atom. The lowest BCUT2D eigenvalue weighted by atomic mass is 10.3. The van der Waals surface area contributed by atoms with Crippen molar-refractivity contribution in [1.82, 2.24) is 4.90 Å². The number of amides is 1. The van der Waals surface area contributed by atoms with Crippen molar-refractivity contribution in [2.45, 2.75) is 6.92 Å². The van der Waals surface area contributed by atoms with E-state index in [1.165, 1.54) is 11.8 Å². The number of nitro groups is 1. The van der Waals surface area contributed by atoms with Gasteiger partial charge in [-0.15, -0.1) is 12.4 Å². The van der Waals surface area contributed by atoms with Gasteiger partial charge in [0, 0.05) is 20.0 Å². The molecule has 102 valence electrons. The molecule has 0 aliphatic carbocycles. The molecule has 0 atom stereocenters. The maximum absolute atomic E-state index is 11.5. The van der Waals surface area contributed by atoms with Crippen molar-refractivity contribution in [3.05, 3.63) is 21.6 Å². The zero-order valence-corrected chi connectivity index (χ0v) is 12.1. The quantitative estimate of drug-likeness (QED) is 0.615. The second-order valence-corrected chi connectivity index (χ2v) is 4.74. The Morgan fingerprint density at radius 3 is 2.50 bits per heavy atom. The van der Waals surface area contributed by atoms with Gasteiger partial charge in [0.2, 0.25) is 5.91 Å². The highest BCUT2D eigenvalue weighted by molar-refractivity contribution is 7.14. The average Bonchev–Trinajstić information content (AvgIpc) is 2.65. The van der Waals surface area contributed by atoms with E-state index in [2.05, 4.69) is 0 Å². The van der Waals surface area contributed by atoms with E-state index in [0.717, 1.165) is 11.3 Å². The van der Waals surface area contributed by atoms with Crippen LogP contribution in [0.3, 0.4) is 0 Å². The van der Waals surface area contributed by atoms with Crippen LogP contribution in [0.25, 0.3) is 0 Å². The largest absolute Gasteiger partial charge is 0.347 e. The first-order valence-electron chi connectivity index (χ1n) is 5.08. The number of carbonyl (C=O) groups excluding carboxylic acids is 1. The van der Waals surface area contributed by atoms with Crippen LogP contribution in [0.4, 0.5) is 10.7 Å². The Balaban J connectivity index is 0.00000289. The van der Waals surface area contributed by atoms with Crippen LogP contribution < -0.4 is 4.90 Å². The summed E-state index contributed by atoms with van der Waals surface area (Å²) >= 11 is 1.03. The third-order valence-corrected chi connectivity index (χ3v) is 3.09. The van der Waals surface area contributed by atoms with Crippen LogP contribution in [0.2, 0.25) is 0 Å². The third kappa shape index (κ3) is 4.25. The summed E-state index contributed by atoms with van der Waals surface area (Å²) in [6.07, 6.45) is 0. The van der Waals surface area contributed by atoms with Crippen molar-refractivity contribution in [3.8, 4) is 0 Å². The highest BCUT2D eigenvalue weighted by atomic mass is 35.5. The van der Waals surface area contributed by atoms with Crippen LogP contribution in [-0.4, -0.2) is 42.9 Å². The molecule has 0 bridgehead atoms. The number of likely N-dealkylation sites (N-methyl/N-ethyl adjacent to an activating group) is 1. The zero-order chi connectivity index (χ0) is 13.0. The molecule has 1 aromatic rings. The molecule has 0 saturated heterocycles. The molecule has 1 heterocycles.